The van der Waals surface area contributed by atoms with E-state index in [2.05, 4.69) is 57.8 Å². The molecule has 0 saturated heterocycles. The van der Waals surface area contributed by atoms with Gasteiger partial charge in [-0.3, -0.25) is 14.7 Å². The molecule has 0 spiro atoms. The number of rotatable bonds is 3. The van der Waals surface area contributed by atoms with Crippen molar-refractivity contribution in [1.29, 1.82) is 0 Å². The van der Waals surface area contributed by atoms with Crippen molar-refractivity contribution in [3.8, 4) is 0 Å². The molecule has 5 aliphatic rings. The molecule has 7 atom stereocenters. The minimum absolute atomic E-state index is 0.000946. The molecule has 3 fully saturated rings. The van der Waals surface area contributed by atoms with E-state index in [-0.39, 0.29) is 33.5 Å². The summed E-state index contributed by atoms with van der Waals surface area (Å²) in [6, 6.07) is 7.65. The van der Waals surface area contributed by atoms with Crippen LogP contribution in [0, 0.1) is 39.4 Å². The normalized spacial score (nSPS) is 39.5. The average Bonchev–Trinajstić information content (AvgIpc) is 3.33. The molecule has 1 heterocycles. The van der Waals surface area contributed by atoms with Crippen molar-refractivity contribution >= 4 is 23.3 Å². The van der Waals surface area contributed by atoms with Crippen LogP contribution in [-0.4, -0.2) is 32.7 Å². The predicted molar refractivity (Wildman–Crippen MR) is 176 cm³/mol. The number of carboxylic acids is 1. The summed E-state index contributed by atoms with van der Waals surface area (Å²) in [4.78, 5) is 25.8. The smallest absolute Gasteiger partial charge is 0.310 e. The number of nitrogen functional groups attached to an aromatic ring is 1. The number of aliphatic carboxylic acids is 1. The zero-order chi connectivity index (χ0) is 32.5. The molecule has 8 nitrogen and oxygen atoms in total. The van der Waals surface area contributed by atoms with Crippen LogP contribution in [0.5, 0.6) is 0 Å². The van der Waals surface area contributed by atoms with Gasteiger partial charge in [-0.25, -0.2) is 0 Å². The Morgan fingerprint density at radius 2 is 1.71 bits per heavy atom. The zero-order valence-corrected chi connectivity index (χ0v) is 27.8. The minimum Gasteiger partial charge on any atom is -0.481 e. The summed E-state index contributed by atoms with van der Waals surface area (Å²) < 4.78 is 0. The number of fused-ring (bicyclic) bond motifs is 8. The maximum Gasteiger partial charge on any atom is 0.310 e. The van der Waals surface area contributed by atoms with Gasteiger partial charge in [0.2, 0.25) is 5.91 Å². The lowest BCUT2D eigenvalue weighted by Gasteiger charge is -2.71. The first-order valence-electron chi connectivity index (χ1n) is 16.9. The summed E-state index contributed by atoms with van der Waals surface area (Å²) in [6.45, 7) is 14.1. The molecule has 242 valence electrons. The predicted octanol–water partition coefficient (Wildman–Crippen LogP) is 6.21. The van der Waals surface area contributed by atoms with Crippen LogP contribution in [0.15, 0.2) is 29.8 Å². The molecule has 1 amide bonds. The van der Waals surface area contributed by atoms with Crippen molar-refractivity contribution in [3.63, 3.8) is 0 Å². The first-order chi connectivity index (χ1) is 20.9. The third-order valence-electron chi connectivity index (χ3n) is 14.4. The molecule has 7 rings (SSSR count). The van der Waals surface area contributed by atoms with E-state index in [1.807, 2.05) is 12.1 Å². The molecule has 45 heavy (non-hydrogen) atoms. The summed E-state index contributed by atoms with van der Waals surface area (Å²) in [7, 11) is 0. The van der Waals surface area contributed by atoms with Crippen LogP contribution >= 0.6 is 0 Å². The fourth-order valence-corrected chi connectivity index (χ4v) is 12.0. The second kappa shape index (κ2) is 9.24. The molecule has 8 N–H and O–H groups in total. The highest BCUT2D eigenvalue weighted by Crippen LogP contribution is 2.74. The van der Waals surface area contributed by atoms with Crippen molar-refractivity contribution in [1.82, 2.24) is 10.2 Å². The summed E-state index contributed by atoms with van der Waals surface area (Å²) in [5.74, 6) is -0.155. The standard InChI is InChI=1S/C37H51N5O3/c1-32(2)12-13-36(31(44)45)14-15-37(40)27(24(36)19-32)22(20-8-7-9-21(16-20)30(39)43)17-26-34(5)18-23-28(41-42-29(23)38)33(3,4)25(34)10-11-35(26,37)6/h7-9,16,24-26H,10-15,17-19,40H2,1-6H3,(H2,39,43)(H,44,45)(H3,38,41,42)/t24?,25?,26?,34-,35+,36-,37-/m0/s1. The van der Waals surface area contributed by atoms with Gasteiger partial charge in [0, 0.05) is 27.8 Å². The Kier molecular flexibility index (Phi) is 6.26. The van der Waals surface area contributed by atoms with Gasteiger partial charge in [-0.1, -0.05) is 53.7 Å². The molecule has 0 aliphatic heterocycles. The Morgan fingerprint density at radius 3 is 2.40 bits per heavy atom. The highest BCUT2D eigenvalue weighted by atomic mass is 16.4. The highest BCUT2D eigenvalue weighted by Gasteiger charge is 2.71. The van der Waals surface area contributed by atoms with E-state index >= 15 is 0 Å². The highest BCUT2D eigenvalue weighted by molar-refractivity contribution is 5.94. The molecule has 3 unspecified atom stereocenters. The number of benzene rings is 1. The molecular weight excluding hydrogens is 562 g/mol. The minimum atomic E-state index is -0.836. The van der Waals surface area contributed by atoms with Gasteiger partial charge in [0.05, 0.1) is 5.41 Å². The van der Waals surface area contributed by atoms with Crippen LogP contribution in [0.3, 0.4) is 0 Å². The van der Waals surface area contributed by atoms with Gasteiger partial charge in [-0.2, -0.15) is 5.10 Å². The first-order valence-corrected chi connectivity index (χ1v) is 16.9. The van der Waals surface area contributed by atoms with Crippen molar-refractivity contribution in [3.05, 3.63) is 52.2 Å². The van der Waals surface area contributed by atoms with E-state index in [4.69, 9.17) is 17.2 Å². The van der Waals surface area contributed by atoms with Gasteiger partial charge in [0.15, 0.2) is 0 Å². The summed E-state index contributed by atoms with van der Waals surface area (Å²) in [5.41, 5.74) is 24.3. The third-order valence-corrected chi connectivity index (χ3v) is 14.4. The second-order valence-electron chi connectivity index (χ2n) is 17.3. The number of aromatic nitrogens is 2. The number of carbonyl (C=O) groups is 2. The zero-order valence-electron chi connectivity index (χ0n) is 27.8. The van der Waals surface area contributed by atoms with Gasteiger partial charge < -0.3 is 22.3 Å². The van der Waals surface area contributed by atoms with Crippen molar-refractivity contribution < 1.29 is 14.7 Å². The average molecular weight is 614 g/mol. The van der Waals surface area contributed by atoms with E-state index in [9.17, 15) is 14.7 Å². The molecule has 0 radical (unpaired) electrons. The number of hydrogen-bond donors (Lipinski definition) is 5. The maximum absolute atomic E-state index is 13.3. The van der Waals surface area contributed by atoms with Crippen molar-refractivity contribution in [2.75, 3.05) is 5.73 Å². The Balaban J connectivity index is 1.50. The van der Waals surface area contributed by atoms with Crippen LogP contribution in [0.4, 0.5) is 5.82 Å². The maximum atomic E-state index is 13.3. The molecule has 1 aromatic heterocycles. The number of primary amides is 1. The lowest BCUT2D eigenvalue weighted by Crippen LogP contribution is -2.71. The number of H-pyrrole nitrogens is 1. The van der Waals surface area contributed by atoms with Gasteiger partial charge in [0.25, 0.3) is 0 Å². The van der Waals surface area contributed by atoms with E-state index in [1.54, 1.807) is 6.07 Å². The lowest BCUT2D eigenvalue weighted by molar-refractivity contribution is -0.166. The van der Waals surface area contributed by atoms with E-state index in [1.165, 1.54) is 0 Å². The van der Waals surface area contributed by atoms with Gasteiger partial charge in [-0.05, 0) is 121 Å². The molecule has 5 aliphatic carbocycles. The van der Waals surface area contributed by atoms with Crippen LogP contribution in [0.2, 0.25) is 0 Å². The third kappa shape index (κ3) is 3.84. The molecular formula is C37H51N5O3. The number of nitrogens with two attached hydrogens (primary N) is 3. The largest absolute Gasteiger partial charge is 0.481 e. The van der Waals surface area contributed by atoms with Crippen LogP contribution < -0.4 is 17.2 Å². The van der Waals surface area contributed by atoms with Crippen LogP contribution in [-0.2, 0) is 16.6 Å². The molecule has 2 aromatic rings. The number of carbonyl (C=O) groups excluding carboxylic acids is 1. The van der Waals surface area contributed by atoms with E-state index in [0.717, 1.165) is 66.5 Å². The summed E-state index contributed by atoms with van der Waals surface area (Å²) in [5, 5.41) is 18.7. The Morgan fingerprint density at radius 1 is 1.00 bits per heavy atom. The van der Waals surface area contributed by atoms with Crippen molar-refractivity contribution in [2.24, 2.45) is 50.9 Å². The fraction of sp³-hybridized carbons (Fsp3) is 0.649. The first kappa shape index (κ1) is 30.5. The molecule has 1 aromatic carbocycles. The molecule has 0 bridgehead atoms. The lowest BCUT2D eigenvalue weighted by atomic mass is 9.34. The Labute approximate surface area is 267 Å². The number of carboxylic acid groups (broad SMARTS) is 1. The number of hydrogen-bond acceptors (Lipinski definition) is 5. The number of nitrogens with one attached hydrogen (secondary N) is 1. The van der Waals surface area contributed by atoms with Crippen LogP contribution in [0.1, 0.15) is 120 Å². The SMILES string of the molecule is CC1(C)CC[C@]2(C(=O)O)CC[C@]3(N)C(=C(c4cccc(C(N)=O)c4)CC4[C@@]5(C)Cc6c(N)n[nH]c6C(C)(C)C5CC[C@]43C)C2C1. The number of nitrogens with zero attached hydrogens (tertiary/aromatic N) is 1. The Hall–Kier alpha value is -3.13. The Bertz CT molecular complexity index is 1650. The van der Waals surface area contributed by atoms with Crippen molar-refractivity contribution in [2.45, 2.75) is 110 Å². The van der Waals surface area contributed by atoms with E-state index in [0.29, 0.717) is 36.6 Å². The van der Waals surface area contributed by atoms with Gasteiger partial charge >= 0.3 is 5.97 Å². The summed E-state index contributed by atoms with van der Waals surface area (Å²) >= 11 is 0. The topological polar surface area (TPSA) is 161 Å². The number of allylic oxidation sites excluding steroid dienone is 1. The second-order valence-corrected chi connectivity index (χ2v) is 17.3. The number of aromatic amines is 1. The van der Waals surface area contributed by atoms with Gasteiger partial charge in [0.1, 0.15) is 5.82 Å². The summed E-state index contributed by atoms with van der Waals surface area (Å²) in [6.07, 6.45) is 7.17. The quantitative estimate of drug-likeness (QED) is 0.277. The number of amides is 1. The molecule has 8 heteroatoms. The monoisotopic (exact) mass is 613 g/mol. The molecule has 3 saturated carbocycles. The fourth-order valence-electron chi connectivity index (χ4n) is 12.0. The van der Waals surface area contributed by atoms with Gasteiger partial charge in [-0.15, -0.1) is 0 Å². The van der Waals surface area contributed by atoms with Crippen LogP contribution in [0.25, 0.3) is 5.57 Å². The van der Waals surface area contributed by atoms with E-state index < -0.39 is 22.8 Å². The number of anilines is 1.